The van der Waals surface area contributed by atoms with Crippen molar-refractivity contribution in [2.45, 2.75) is 6.92 Å². The Morgan fingerprint density at radius 3 is 2.14 bits per heavy atom. The number of methoxy groups -OCH3 is 1. The van der Waals surface area contributed by atoms with Crippen LogP contribution in [0.25, 0.3) is 11.1 Å². The van der Waals surface area contributed by atoms with Crippen LogP contribution >= 0.6 is 21.4 Å². The van der Waals surface area contributed by atoms with Gasteiger partial charge in [0.05, 0.1) is 12.7 Å². The zero-order chi connectivity index (χ0) is 16.7. The lowest BCUT2D eigenvalue weighted by molar-refractivity contribution is 0.0601. The number of anilines is 1. The third kappa shape index (κ3) is 5.67. The smallest absolute Gasteiger partial charge is 0.337 e. The standard InChI is InChI=1S/C15H15NO2.Cl2OS/c1-10-9-13(16)7-8-14(10)11-3-5-12(6-4-11)15(17)18-2;1-4(2)3/h3-9H,16H2,1-2H3;. The second-order valence-electron chi connectivity index (χ2n) is 4.33. The molecule has 7 heteroatoms. The molecular formula is C15H15Cl2NO3S. The Balaban J connectivity index is 0.000000541. The van der Waals surface area contributed by atoms with Crippen LogP contribution in [0.3, 0.4) is 0 Å². The van der Waals surface area contributed by atoms with Crippen LogP contribution in [-0.4, -0.2) is 17.3 Å². The summed E-state index contributed by atoms with van der Waals surface area (Å²) in [5, 5.41) is 0. The fraction of sp³-hybridized carbons (Fsp3) is 0.133. The number of aryl methyl sites for hydroxylation is 1. The van der Waals surface area contributed by atoms with E-state index in [1.54, 1.807) is 12.1 Å². The maximum atomic E-state index is 11.3. The van der Waals surface area contributed by atoms with Crippen molar-refractivity contribution in [1.82, 2.24) is 0 Å². The van der Waals surface area contributed by atoms with Gasteiger partial charge in [-0.05, 0) is 47.9 Å². The molecule has 0 aromatic heterocycles. The van der Waals surface area contributed by atoms with Gasteiger partial charge in [-0.1, -0.05) is 18.2 Å². The minimum Gasteiger partial charge on any atom is -0.465 e. The van der Waals surface area contributed by atoms with E-state index in [9.17, 15) is 4.79 Å². The predicted octanol–water partition coefficient (Wildman–Crippen LogP) is 4.07. The number of carbonyl (C=O) groups excluding carboxylic acids is 1. The van der Waals surface area contributed by atoms with E-state index in [2.05, 4.69) is 26.1 Å². The average molecular weight is 360 g/mol. The Labute approximate surface area is 140 Å². The monoisotopic (exact) mass is 359 g/mol. The van der Waals surface area contributed by atoms with Crippen LogP contribution in [0, 0.1) is 6.92 Å². The first-order valence-electron chi connectivity index (χ1n) is 6.14. The van der Waals surface area contributed by atoms with Crippen molar-refractivity contribution in [3.63, 3.8) is 0 Å². The topological polar surface area (TPSA) is 69.4 Å². The first-order chi connectivity index (χ1) is 10.3. The first kappa shape index (κ1) is 18.5. The number of benzene rings is 2. The molecule has 0 aliphatic heterocycles. The van der Waals surface area contributed by atoms with Gasteiger partial charge >= 0.3 is 5.97 Å². The van der Waals surface area contributed by atoms with Crippen molar-refractivity contribution in [3.05, 3.63) is 53.6 Å². The number of nitrogen functional groups attached to an aromatic ring is 1. The van der Waals surface area contributed by atoms with Gasteiger partial charge in [0.2, 0.25) is 9.23 Å². The molecule has 4 nitrogen and oxygen atoms in total. The van der Waals surface area contributed by atoms with Gasteiger partial charge in [0.15, 0.2) is 0 Å². The maximum absolute atomic E-state index is 11.3. The number of ether oxygens (including phenoxy) is 1. The summed E-state index contributed by atoms with van der Waals surface area (Å²) in [6, 6.07) is 13.1. The molecule has 0 radical (unpaired) electrons. The van der Waals surface area contributed by atoms with Crippen LogP contribution in [0.15, 0.2) is 42.5 Å². The molecule has 22 heavy (non-hydrogen) atoms. The third-order valence-corrected chi connectivity index (χ3v) is 2.87. The number of hydrogen-bond acceptors (Lipinski definition) is 4. The van der Waals surface area contributed by atoms with Crippen molar-refractivity contribution in [2.75, 3.05) is 12.8 Å². The molecule has 0 bridgehead atoms. The second-order valence-corrected chi connectivity index (χ2v) is 6.85. The lowest BCUT2D eigenvalue weighted by atomic mass is 9.99. The van der Waals surface area contributed by atoms with Crippen molar-refractivity contribution in [1.29, 1.82) is 0 Å². The lowest BCUT2D eigenvalue weighted by Gasteiger charge is -2.07. The molecule has 0 aliphatic rings. The summed E-state index contributed by atoms with van der Waals surface area (Å²) in [4.78, 5) is 11.3. The van der Waals surface area contributed by atoms with E-state index in [0.717, 1.165) is 22.4 Å². The van der Waals surface area contributed by atoms with Crippen molar-refractivity contribution >= 4 is 42.2 Å². The number of rotatable bonds is 2. The van der Waals surface area contributed by atoms with Crippen LogP contribution in [0.5, 0.6) is 0 Å². The van der Waals surface area contributed by atoms with Gasteiger partial charge in [-0.25, -0.2) is 9.00 Å². The second kappa shape index (κ2) is 8.78. The molecule has 2 N–H and O–H groups in total. The summed E-state index contributed by atoms with van der Waals surface area (Å²) in [6.07, 6.45) is 0. The van der Waals surface area contributed by atoms with Crippen LogP contribution in [0.1, 0.15) is 15.9 Å². The van der Waals surface area contributed by atoms with Gasteiger partial charge < -0.3 is 10.5 Å². The first-order valence-corrected chi connectivity index (χ1v) is 8.94. The van der Waals surface area contributed by atoms with E-state index in [1.807, 2.05) is 37.3 Å². The number of esters is 1. The fourth-order valence-corrected chi connectivity index (χ4v) is 1.91. The van der Waals surface area contributed by atoms with Crippen molar-refractivity contribution in [2.24, 2.45) is 0 Å². The minimum atomic E-state index is -1.67. The van der Waals surface area contributed by atoms with E-state index in [1.165, 1.54) is 7.11 Å². The summed E-state index contributed by atoms with van der Waals surface area (Å²) >= 11 is 0. The summed E-state index contributed by atoms with van der Waals surface area (Å²) in [5.74, 6) is -0.324. The third-order valence-electron chi connectivity index (χ3n) is 2.87. The maximum Gasteiger partial charge on any atom is 0.337 e. The summed E-state index contributed by atoms with van der Waals surface area (Å²) < 4.78 is 13.8. The molecule has 0 heterocycles. The van der Waals surface area contributed by atoms with Gasteiger partial charge in [0.1, 0.15) is 0 Å². The van der Waals surface area contributed by atoms with E-state index < -0.39 is 9.23 Å². The number of hydrogen-bond donors (Lipinski definition) is 1. The lowest BCUT2D eigenvalue weighted by Crippen LogP contribution is -2.00. The Morgan fingerprint density at radius 1 is 1.14 bits per heavy atom. The molecule has 0 amide bonds. The Bertz CT molecular complexity index is 671. The zero-order valence-electron chi connectivity index (χ0n) is 12.0. The summed E-state index contributed by atoms with van der Waals surface area (Å²) in [6.45, 7) is 2.01. The average Bonchev–Trinajstić information content (AvgIpc) is 2.46. The molecule has 118 valence electrons. The SMILES string of the molecule is COC(=O)c1ccc(-c2ccc(N)cc2C)cc1.O=S(Cl)Cl. The van der Waals surface area contributed by atoms with Crippen LogP contribution < -0.4 is 5.73 Å². The fourth-order valence-electron chi connectivity index (χ4n) is 1.91. The van der Waals surface area contributed by atoms with E-state index in [4.69, 9.17) is 9.94 Å². The van der Waals surface area contributed by atoms with Crippen molar-refractivity contribution in [3.8, 4) is 11.1 Å². The number of halogens is 2. The highest BCUT2D eigenvalue weighted by Gasteiger charge is 2.06. The summed E-state index contributed by atoms with van der Waals surface area (Å²) in [7, 11) is 8.73. The molecular weight excluding hydrogens is 345 g/mol. The normalized spacial score (nSPS) is 9.86. The van der Waals surface area contributed by atoms with Crippen molar-refractivity contribution < 1.29 is 13.7 Å². The van der Waals surface area contributed by atoms with E-state index in [-0.39, 0.29) is 5.97 Å². The van der Waals surface area contributed by atoms with Crippen LogP contribution in [0.2, 0.25) is 0 Å². The van der Waals surface area contributed by atoms with Crippen LogP contribution in [0.4, 0.5) is 5.69 Å². The molecule has 2 aromatic carbocycles. The molecule has 0 spiro atoms. The summed E-state index contributed by atoms with van der Waals surface area (Å²) in [5.41, 5.74) is 10.3. The molecule has 2 rings (SSSR count). The largest absolute Gasteiger partial charge is 0.465 e. The number of carbonyl (C=O) groups is 1. The highest BCUT2D eigenvalue weighted by molar-refractivity contribution is 8.26. The molecule has 2 aromatic rings. The van der Waals surface area contributed by atoms with E-state index >= 15 is 0 Å². The van der Waals surface area contributed by atoms with Gasteiger partial charge in [0.25, 0.3) is 0 Å². The molecule has 0 saturated heterocycles. The van der Waals surface area contributed by atoms with Gasteiger partial charge in [-0.15, -0.1) is 0 Å². The molecule has 0 saturated carbocycles. The zero-order valence-corrected chi connectivity index (χ0v) is 14.3. The predicted molar refractivity (Wildman–Crippen MR) is 92.2 cm³/mol. The quantitative estimate of drug-likeness (QED) is 0.498. The van der Waals surface area contributed by atoms with Gasteiger partial charge in [0, 0.05) is 27.1 Å². The van der Waals surface area contributed by atoms with Crippen LogP contribution in [-0.2, 0) is 14.0 Å². The van der Waals surface area contributed by atoms with Gasteiger partial charge in [-0.3, -0.25) is 0 Å². The molecule has 0 fully saturated rings. The Morgan fingerprint density at radius 2 is 1.68 bits per heavy atom. The molecule has 0 unspecified atom stereocenters. The van der Waals surface area contributed by atoms with E-state index in [0.29, 0.717) is 5.56 Å². The Hall–Kier alpha value is -1.56. The minimum absolute atomic E-state index is 0.324. The molecule has 0 aliphatic carbocycles. The molecule has 0 atom stereocenters. The van der Waals surface area contributed by atoms with Gasteiger partial charge in [-0.2, -0.15) is 0 Å². The number of nitrogens with two attached hydrogens (primary N) is 1. The highest BCUT2D eigenvalue weighted by atomic mass is 36.0. The highest BCUT2D eigenvalue weighted by Crippen LogP contribution is 2.25. The Kier molecular flexibility index (Phi) is 7.38.